The molecule has 1 heterocycles. The van der Waals surface area contributed by atoms with E-state index in [4.69, 9.17) is 9.47 Å². The molecule has 0 saturated carbocycles. The largest absolute Gasteiger partial charge is 0.480 e. The van der Waals surface area contributed by atoms with Gasteiger partial charge in [-0.25, -0.2) is 20.0 Å². The van der Waals surface area contributed by atoms with Gasteiger partial charge in [0.2, 0.25) is 5.96 Å². The van der Waals surface area contributed by atoms with Crippen molar-refractivity contribution in [1.82, 2.24) is 16.1 Å². The van der Waals surface area contributed by atoms with E-state index in [9.17, 15) is 14.7 Å². The summed E-state index contributed by atoms with van der Waals surface area (Å²) >= 11 is 0. The molecule has 0 spiro atoms. The van der Waals surface area contributed by atoms with Crippen LogP contribution in [0.15, 0.2) is 64.2 Å². The number of nitrogens with zero attached hydrogens (tertiary/aromatic N) is 2. The number of carbonyl (C=O) groups excluding carboxylic acids is 1. The molecular weight excluding hydrogens is 438 g/mol. The van der Waals surface area contributed by atoms with Crippen LogP contribution < -0.4 is 16.1 Å². The first-order valence-corrected chi connectivity index (χ1v) is 11.4. The highest BCUT2D eigenvalue weighted by Crippen LogP contribution is 2.20. The van der Waals surface area contributed by atoms with E-state index >= 15 is 0 Å². The number of hydrogen-bond donors (Lipinski definition) is 4. The number of carbonyl (C=O) groups is 2. The van der Waals surface area contributed by atoms with Gasteiger partial charge in [-0.05, 0) is 35.8 Å². The summed E-state index contributed by atoms with van der Waals surface area (Å²) < 4.78 is 11.1. The summed E-state index contributed by atoms with van der Waals surface area (Å²) in [7, 11) is 0. The number of benzene rings is 1. The van der Waals surface area contributed by atoms with Crippen LogP contribution in [0.3, 0.4) is 0 Å². The third-order valence-electron chi connectivity index (χ3n) is 5.15. The summed E-state index contributed by atoms with van der Waals surface area (Å²) in [6.07, 6.45) is 6.50. The average molecular weight is 470 g/mol. The Labute approximate surface area is 198 Å². The Morgan fingerprint density at radius 2 is 2.15 bits per heavy atom. The van der Waals surface area contributed by atoms with Crippen LogP contribution in [0.5, 0.6) is 0 Å². The van der Waals surface area contributed by atoms with Gasteiger partial charge in [0.25, 0.3) is 0 Å². The van der Waals surface area contributed by atoms with Crippen molar-refractivity contribution in [1.29, 1.82) is 0 Å². The van der Waals surface area contributed by atoms with Gasteiger partial charge in [0.1, 0.15) is 12.6 Å². The van der Waals surface area contributed by atoms with Gasteiger partial charge < -0.3 is 25.2 Å². The molecule has 1 aliphatic carbocycles. The lowest BCUT2D eigenvalue weighted by molar-refractivity contribution is -0.140. The van der Waals surface area contributed by atoms with Gasteiger partial charge in [0.15, 0.2) is 0 Å². The lowest BCUT2D eigenvalue weighted by Gasteiger charge is -2.22. The Morgan fingerprint density at radius 1 is 1.32 bits per heavy atom. The van der Waals surface area contributed by atoms with E-state index in [0.717, 1.165) is 42.8 Å². The van der Waals surface area contributed by atoms with Crippen molar-refractivity contribution >= 4 is 23.7 Å². The van der Waals surface area contributed by atoms with Gasteiger partial charge in [0.05, 0.1) is 25.0 Å². The smallest absolute Gasteiger partial charge is 0.408 e. The van der Waals surface area contributed by atoms with Gasteiger partial charge in [-0.15, -0.1) is 0 Å². The maximum absolute atomic E-state index is 12.0. The second kappa shape index (κ2) is 13.1. The first kappa shape index (κ1) is 25.0. The van der Waals surface area contributed by atoms with Crippen LogP contribution in [-0.4, -0.2) is 60.7 Å². The molecule has 0 fully saturated rings. The summed E-state index contributed by atoms with van der Waals surface area (Å²) in [6.45, 7) is 3.82. The highest BCUT2D eigenvalue weighted by molar-refractivity contribution is 6.06. The zero-order valence-corrected chi connectivity index (χ0v) is 19.2. The van der Waals surface area contributed by atoms with Crippen molar-refractivity contribution in [2.75, 3.05) is 19.7 Å². The summed E-state index contributed by atoms with van der Waals surface area (Å²) in [5.74, 6) is -0.494. The summed E-state index contributed by atoms with van der Waals surface area (Å²) in [4.78, 5) is 27.9. The molecule has 2 atom stereocenters. The van der Waals surface area contributed by atoms with Crippen LogP contribution in [0.1, 0.15) is 31.7 Å². The predicted octanol–water partition coefficient (Wildman–Crippen LogP) is 2.34. The number of amides is 1. The number of hydrazone groups is 1. The van der Waals surface area contributed by atoms with E-state index in [1.165, 1.54) is 0 Å². The van der Waals surface area contributed by atoms with E-state index in [-0.39, 0.29) is 25.7 Å². The number of nitrogens with one attached hydrogen (secondary N) is 3. The van der Waals surface area contributed by atoms with E-state index in [2.05, 4.69) is 33.1 Å². The maximum atomic E-state index is 12.0. The fraction of sp³-hybridized carbons (Fsp3) is 0.417. The number of carboxylic acid groups (broad SMARTS) is 1. The molecule has 1 aliphatic heterocycles. The molecule has 10 heteroatoms. The standard InChI is InChI=1S/C24H31N5O5/c1-2-6-18-15-19(28-29-23-25-12-13-26-23)9-10-21(18)33-14-11-20(22(30)31)27-24(32)34-16-17-7-4-3-5-8-17/h3-5,7-10,15,20-21H,2,6,11-14,16H2,1H3,(H,27,32)(H,30,31)(H2,25,26,29)/b28-19+. The lowest BCUT2D eigenvalue weighted by atomic mass is 9.97. The zero-order chi connectivity index (χ0) is 24.2. The van der Waals surface area contributed by atoms with E-state index in [0.29, 0.717) is 5.96 Å². The van der Waals surface area contributed by atoms with Crippen LogP contribution in [0, 0.1) is 0 Å². The highest BCUT2D eigenvalue weighted by atomic mass is 16.5. The fourth-order valence-corrected chi connectivity index (χ4v) is 3.43. The molecule has 182 valence electrons. The van der Waals surface area contributed by atoms with E-state index in [1.807, 2.05) is 48.6 Å². The van der Waals surface area contributed by atoms with Crippen molar-refractivity contribution in [3.63, 3.8) is 0 Å². The minimum Gasteiger partial charge on any atom is -0.480 e. The van der Waals surface area contributed by atoms with Crippen molar-refractivity contribution < 1.29 is 24.2 Å². The summed E-state index contributed by atoms with van der Waals surface area (Å²) in [5.41, 5.74) is 5.53. The Kier molecular flexibility index (Phi) is 9.65. The van der Waals surface area contributed by atoms with Gasteiger partial charge >= 0.3 is 12.1 Å². The minimum absolute atomic E-state index is 0.0652. The van der Waals surface area contributed by atoms with Crippen molar-refractivity contribution in [2.24, 2.45) is 10.1 Å². The molecular formula is C24H31N5O5. The second-order valence-electron chi connectivity index (χ2n) is 7.81. The minimum atomic E-state index is -1.15. The number of guanidine groups is 1. The van der Waals surface area contributed by atoms with Gasteiger partial charge in [-0.2, -0.15) is 5.10 Å². The third kappa shape index (κ3) is 8.04. The molecule has 0 saturated heterocycles. The van der Waals surface area contributed by atoms with E-state index < -0.39 is 18.1 Å². The maximum Gasteiger partial charge on any atom is 0.408 e. The summed E-state index contributed by atoms with van der Waals surface area (Å²) in [6, 6.07) is 8.06. The van der Waals surface area contributed by atoms with Gasteiger partial charge in [0, 0.05) is 13.0 Å². The van der Waals surface area contributed by atoms with Gasteiger partial charge in [-0.3, -0.25) is 0 Å². The molecule has 10 nitrogen and oxygen atoms in total. The predicted molar refractivity (Wildman–Crippen MR) is 129 cm³/mol. The van der Waals surface area contributed by atoms with Crippen LogP contribution in [-0.2, 0) is 20.9 Å². The number of allylic oxidation sites excluding steroid dienone is 2. The fourth-order valence-electron chi connectivity index (χ4n) is 3.43. The van der Waals surface area contributed by atoms with Crippen molar-refractivity contribution in [3.8, 4) is 0 Å². The van der Waals surface area contributed by atoms with Gasteiger partial charge in [-0.1, -0.05) is 43.7 Å². The number of rotatable bonds is 11. The molecule has 1 aromatic rings. The monoisotopic (exact) mass is 469 g/mol. The Balaban J connectivity index is 1.47. The number of hydrogen-bond acceptors (Lipinski definition) is 8. The SMILES string of the molecule is CCCC1=C/C(=N/NC2=NCCN2)C=CC1OCCC(NC(=O)OCc1ccccc1)C(=O)O. The lowest BCUT2D eigenvalue weighted by Crippen LogP contribution is -2.42. The highest BCUT2D eigenvalue weighted by Gasteiger charge is 2.22. The van der Waals surface area contributed by atoms with E-state index in [1.54, 1.807) is 0 Å². The molecule has 1 aromatic carbocycles. The molecule has 4 N–H and O–H groups in total. The summed E-state index contributed by atoms with van der Waals surface area (Å²) in [5, 5.41) is 19.3. The normalized spacial score (nSPS) is 19.1. The number of aliphatic carboxylic acids is 1. The zero-order valence-electron chi connectivity index (χ0n) is 19.2. The molecule has 0 bridgehead atoms. The van der Waals surface area contributed by atoms with Crippen LogP contribution in [0.4, 0.5) is 4.79 Å². The quantitative estimate of drug-likeness (QED) is 0.366. The number of aliphatic imine (C=N–C) groups is 1. The second-order valence-corrected chi connectivity index (χ2v) is 7.81. The first-order valence-electron chi connectivity index (χ1n) is 11.4. The molecule has 34 heavy (non-hydrogen) atoms. The third-order valence-corrected chi connectivity index (χ3v) is 5.15. The number of alkyl carbamates (subject to hydrolysis) is 1. The number of ether oxygens (including phenoxy) is 2. The number of carboxylic acids is 1. The Morgan fingerprint density at radius 3 is 2.85 bits per heavy atom. The molecule has 2 unspecified atom stereocenters. The molecule has 2 aliphatic rings. The van der Waals surface area contributed by atoms with Crippen LogP contribution in [0.25, 0.3) is 0 Å². The topological polar surface area (TPSA) is 134 Å². The Bertz CT molecular complexity index is 958. The van der Waals surface area contributed by atoms with Crippen molar-refractivity contribution in [2.45, 2.75) is 44.9 Å². The van der Waals surface area contributed by atoms with Crippen molar-refractivity contribution in [3.05, 3.63) is 59.7 Å². The first-order chi connectivity index (χ1) is 16.5. The molecule has 3 rings (SSSR count). The van der Waals surface area contributed by atoms with Crippen LogP contribution >= 0.6 is 0 Å². The molecule has 1 amide bonds. The molecule has 0 radical (unpaired) electrons. The Hall–Kier alpha value is -3.66. The van der Waals surface area contributed by atoms with Crippen LogP contribution in [0.2, 0.25) is 0 Å². The molecule has 0 aromatic heterocycles. The average Bonchev–Trinajstić information content (AvgIpc) is 3.36.